The lowest BCUT2D eigenvalue weighted by Gasteiger charge is -2.17. The normalized spacial score (nSPS) is 14.3. The standard InChI is InChI=1S/C18H20N6/c1-12-5-6-14(11-13(12)2)21-17-15-16(20-8-7-19-15)22-18(23-17)24-9-3-4-10-24/h5-8,11H,3-4,9-10H2,1-2H3,(H,20,21,22,23). The first-order valence-electron chi connectivity index (χ1n) is 8.29. The van der Waals surface area contributed by atoms with Gasteiger partial charge in [0.05, 0.1) is 0 Å². The van der Waals surface area contributed by atoms with Crippen molar-refractivity contribution < 1.29 is 0 Å². The molecule has 1 aliphatic rings. The van der Waals surface area contributed by atoms with E-state index in [0.717, 1.165) is 24.7 Å². The van der Waals surface area contributed by atoms with Gasteiger partial charge in [-0.1, -0.05) is 6.07 Å². The highest BCUT2D eigenvalue weighted by Crippen LogP contribution is 2.26. The van der Waals surface area contributed by atoms with E-state index in [2.05, 4.69) is 57.2 Å². The molecule has 0 aliphatic carbocycles. The zero-order valence-corrected chi connectivity index (χ0v) is 14.0. The predicted molar refractivity (Wildman–Crippen MR) is 95.8 cm³/mol. The summed E-state index contributed by atoms with van der Waals surface area (Å²) >= 11 is 0. The van der Waals surface area contributed by atoms with Crippen molar-refractivity contribution in [2.45, 2.75) is 26.7 Å². The summed E-state index contributed by atoms with van der Waals surface area (Å²) in [7, 11) is 0. The molecule has 1 fully saturated rings. The average Bonchev–Trinajstić information content (AvgIpc) is 3.13. The number of aromatic nitrogens is 4. The van der Waals surface area contributed by atoms with Crippen molar-refractivity contribution in [2.24, 2.45) is 0 Å². The Labute approximate surface area is 141 Å². The fourth-order valence-electron chi connectivity index (χ4n) is 2.95. The highest BCUT2D eigenvalue weighted by molar-refractivity contribution is 5.85. The number of rotatable bonds is 3. The molecule has 1 N–H and O–H groups in total. The third kappa shape index (κ3) is 2.75. The highest BCUT2D eigenvalue weighted by atomic mass is 15.3. The number of anilines is 3. The van der Waals surface area contributed by atoms with Crippen molar-refractivity contribution in [1.82, 2.24) is 19.9 Å². The number of fused-ring (bicyclic) bond motifs is 1. The smallest absolute Gasteiger partial charge is 0.229 e. The Hall–Kier alpha value is -2.76. The van der Waals surface area contributed by atoms with Crippen LogP contribution < -0.4 is 10.2 Å². The maximum atomic E-state index is 4.73. The number of benzene rings is 1. The van der Waals surface area contributed by atoms with E-state index in [1.165, 1.54) is 24.0 Å². The van der Waals surface area contributed by atoms with Crippen LogP contribution in [0.5, 0.6) is 0 Å². The quantitative estimate of drug-likeness (QED) is 0.798. The van der Waals surface area contributed by atoms with E-state index in [9.17, 15) is 0 Å². The topological polar surface area (TPSA) is 66.8 Å². The van der Waals surface area contributed by atoms with Gasteiger partial charge in [-0.05, 0) is 49.9 Å². The van der Waals surface area contributed by atoms with Crippen LogP contribution in [0.15, 0.2) is 30.6 Å². The van der Waals surface area contributed by atoms with Crippen LogP contribution in [0.25, 0.3) is 11.2 Å². The van der Waals surface area contributed by atoms with Crippen LogP contribution in [-0.2, 0) is 0 Å². The molecule has 3 aromatic rings. The second-order valence-corrected chi connectivity index (χ2v) is 6.22. The van der Waals surface area contributed by atoms with E-state index in [4.69, 9.17) is 4.98 Å². The molecule has 24 heavy (non-hydrogen) atoms. The lowest BCUT2D eigenvalue weighted by molar-refractivity contribution is 0.904. The molecule has 6 nitrogen and oxygen atoms in total. The number of nitrogens with one attached hydrogen (secondary N) is 1. The molecule has 6 heteroatoms. The van der Waals surface area contributed by atoms with Crippen LogP contribution in [0.1, 0.15) is 24.0 Å². The van der Waals surface area contributed by atoms with Crippen molar-refractivity contribution >= 4 is 28.6 Å². The summed E-state index contributed by atoms with van der Waals surface area (Å²) in [6, 6.07) is 6.28. The van der Waals surface area contributed by atoms with Crippen LogP contribution in [0.2, 0.25) is 0 Å². The fourth-order valence-corrected chi connectivity index (χ4v) is 2.95. The molecule has 0 bridgehead atoms. The summed E-state index contributed by atoms with van der Waals surface area (Å²) in [6.45, 7) is 6.20. The Bertz CT molecular complexity index is 886. The number of hydrogen-bond donors (Lipinski definition) is 1. The summed E-state index contributed by atoms with van der Waals surface area (Å²) in [5, 5.41) is 3.40. The second kappa shape index (κ2) is 6.03. The Morgan fingerprint density at radius 1 is 0.958 bits per heavy atom. The molecule has 0 saturated carbocycles. The van der Waals surface area contributed by atoms with Gasteiger partial charge < -0.3 is 10.2 Å². The van der Waals surface area contributed by atoms with Crippen molar-refractivity contribution in [2.75, 3.05) is 23.3 Å². The molecule has 0 radical (unpaired) electrons. The number of hydrogen-bond acceptors (Lipinski definition) is 6. The lowest BCUT2D eigenvalue weighted by atomic mass is 10.1. The maximum Gasteiger partial charge on any atom is 0.229 e. The van der Waals surface area contributed by atoms with Gasteiger partial charge in [-0.2, -0.15) is 9.97 Å². The van der Waals surface area contributed by atoms with Crippen LogP contribution in [0.4, 0.5) is 17.5 Å². The van der Waals surface area contributed by atoms with Crippen molar-refractivity contribution in [3.63, 3.8) is 0 Å². The van der Waals surface area contributed by atoms with Crippen molar-refractivity contribution in [3.05, 3.63) is 41.7 Å². The minimum atomic E-state index is 0.626. The summed E-state index contributed by atoms with van der Waals surface area (Å²) in [5.41, 5.74) is 4.82. The third-order valence-corrected chi connectivity index (χ3v) is 4.48. The van der Waals surface area contributed by atoms with Gasteiger partial charge in [-0.25, -0.2) is 9.97 Å². The van der Waals surface area contributed by atoms with Gasteiger partial charge in [-0.15, -0.1) is 0 Å². The molecule has 122 valence electrons. The van der Waals surface area contributed by atoms with Gasteiger partial charge in [0, 0.05) is 31.2 Å². The van der Waals surface area contributed by atoms with Gasteiger partial charge >= 0.3 is 0 Å². The first-order chi connectivity index (χ1) is 11.7. The van der Waals surface area contributed by atoms with Crippen LogP contribution in [0, 0.1) is 13.8 Å². The molecule has 3 heterocycles. The van der Waals surface area contributed by atoms with E-state index in [-0.39, 0.29) is 0 Å². The monoisotopic (exact) mass is 320 g/mol. The van der Waals surface area contributed by atoms with Crippen molar-refractivity contribution in [3.8, 4) is 0 Å². The lowest BCUT2D eigenvalue weighted by Crippen LogP contribution is -2.21. The first-order valence-corrected chi connectivity index (χ1v) is 8.29. The summed E-state index contributed by atoms with van der Waals surface area (Å²) in [6.07, 6.45) is 5.71. The molecule has 1 saturated heterocycles. The molecule has 0 unspecified atom stereocenters. The van der Waals surface area contributed by atoms with Crippen LogP contribution in [0.3, 0.4) is 0 Å². The minimum absolute atomic E-state index is 0.626. The van der Waals surface area contributed by atoms with Gasteiger partial charge in [-0.3, -0.25) is 0 Å². The number of nitrogens with zero attached hydrogens (tertiary/aromatic N) is 5. The molecular weight excluding hydrogens is 300 g/mol. The molecule has 2 aromatic heterocycles. The molecule has 0 spiro atoms. The molecule has 1 aromatic carbocycles. The fraction of sp³-hybridized carbons (Fsp3) is 0.333. The summed E-state index contributed by atoms with van der Waals surface area (Å²) < 4.78 is 0. The molecular formula is C18H20N6. The third-order valence-electron chi connectivity index (χ3n) is 4.48. The van der Waals surface area contributed by atoms with E-state index in [1.807, 2.05) is 0 Å². The van der Waals surface area contributed by atoms with Crippen molar-refractivity contribution in [1.29, 1.82) is 0 Å². The number of aryl methyl sites for hydroxylation is 2. The average molecular weight is 320 g/mol. The van der Waals surface area contributed by atoms with Gasteiger partial charge in [0.15, 0.2) is 17.0 Å². The highest BCUT2D eigenvalue weighted by Gasteiger charge is 2.18. The van der Waals surface area contributed by atoms with Gasteiger partial charge in [0.2, 0.25) is 5.95 Å². The SMILES string of the molecule is Cc1ccc(Nc2nc(N3CCCC3)nc3nccnc23)cc1C. The molecule has 4 rings (SSSR count). The second-order valence-electron chi connectivity index (χ2n) is 6.22. The Morgan fingerprint density at radius 2 is 1.75 bits per heavy atom. The largest absolute Gasteiger partial charge is 0.341 e. The molecule has 0 atom stereocenters. The van der Waals surface area contributed by atoms with Crippen LogP contribution >= 0.6 is 0 Å². The van der Waals surface area contributed by atoms with Crippen LogP contribution in [-0.4, -0.2) is 33.0 Å². The van der Waals surface area contributed by atoms with Gasteiger partial charge in [0.25, 0.3) is 0 Å². The van der Waals surface area contributed by atoms with E-state index >= 15 is 0 Å². The zero-order chi connectivity index (χ0) is 16.5. The van der Waals surface area contributed by atoms with E-state index < -0.39 is 0 Å². The molecule has 0 amide bonds. The Morgan fingerprint density at radius 3 is 2.54 bits per heavy atom. The first kappa shape index (κ1) is 14.8. The Balaban J connectivity index is 1.78. The summed E-state index contributed by atoms with van der Waals surface area (Å²) in [4.78, 5) is 20.3. The Kier molecular flexibility index (Phi) is 3.72. The predicted octanol–water partition coefficient (Wildman–Crippen LogP) is 3.38. The molecule has 1 aliphatic heterocycles. The van der Waals surface area contributed by atoms with Gasteiger partial charge in [0.1, 0.15) is 0 Å². The minimum Gasteiger partial charge on any atom is -0.341 e. The maximum absolute atomic E-state index is 4.73. The van der Waals surface area contributed by atoms with E-state index in [0.29, 0.717) is 17.0 Å². The van der Waals surface area contributed by atoms with E-state index in [1.54, 1.807) is 12.4 Å². The zero-order valence-electron chi connectivity index (χ0n) is 14.0. The summed E-state index contributed by atoms with van der Waals surface area (Å²) in [5.74, 6) is 1.44.